The van der Waals surface area contributed by atoms with Gasteiger partial charge in [0, 0.05) is 5.33 Å². The Balaban J connectivity index is 3.02. The predicted molar refractivity (Wildman–Crippen MR) is 63.4 cm³/mol. The summed E-state index contributed by atoms with van der Waals surface area (Å²) < 4.78 is 43.2. The summed E-state index contributed by atoms with van der Waals surface area (Å²) in [6, 6.07) is 4.09. The van der Waals surface area contributed by atoms with E-state index in [1.807, 2.05) is 0 Å². The van der Waals surface area contributed by atoms with Gasteiger partial charge in [-0.1, -0.05) is 34.3 Å². The number of alkyl halides is 4. The van der Waals surface area contributed by atoms with Gasteiger partial charge in [0.05, 0.1) is 12.2 Å². The molecule has 0 radical (unpaired) electrons. The van der Waals surface area contributed by atoms with Gasteiger partial charge in [0.25, 0.3) is 0 Å². The Bertz CT molecular complexity index is 354. The Morgan fingerprint density at radius 1 is 1.38 bits per heavy atom. The summed E-state index contributed by atoms with van der Waals surface area (Å²) in [5.74, 6) is 0.254. The van der Waals surface area contributed by atoms with Crippen LogP contribution >= 0.6 is 15.9 Å². The van der Waals surface area contributed by atoms with Crippen molar-refractivity contribution in [3.63, 3.8) is 0 Å². The van der Waals surface area contributed by atoms with E-state index in [0.717, 1.165) is 6.07 Å². The number of hydrogen-bond acceptors (Lipinski definition) is 1. The molecule has 0 spiro atoms. The summed E-state index contributed by atoms with van der Waals surface area (Å²) in [5.41, 5.74) is -0.319. The summed E-state index contributed by atoms with van der Waals surface area (Å²) in [6.07, 6.45) is -4.32. The van der Waals surface area contributed by atoms with Crippen molar-refractivity contribution in [2.24, 2.45) is 0 Å². The molecule has 0 N–H and O–H groups in total. The highest BCUT2D eigenvalue weighted by molar-refractivity contribution is 9.09. The van der Waals surface area contributed by atoms with Gasteiger partial charge in [0.15, 0.2) is 7.28 Å². The second-order valence-corrected chi connectivity index (χ2v) is 4.00. The largest absolute Gasteiger partial charge is 0.493 e. The predicted octanol–water partition coefficient (Wildman–Crippen LogP) is 2.59. The molecule has 1 aromatic rings. The standard InChI is InChI=1S/C10H11BBrF3O/c1-11-9-3-2-7(16-5-4-12)6-8(9)10(13,14)15/h2-3,6,11H,4-5H2,1H3. The van der Waals surface area contributed by atoms with Gasteiger partial charge in [-0.3, -0.25) is 0 Å². The molecular weight excluding hydrogens is 284 g/mol. The topological polar surface area (TPSA) is 9.23 Å². The Labute approximate surface area is 101 Å². The van der Waals surface area contributed by atoms with Crippen LogP contribution in [0.2, 0.25) is 6.82 Å². The lowest BCUT2D eigenvalue weighted by molar-refractivity contribution is -0.136. The van der Waals surface area contributed by atoms with Crippen LogP contribution in [-0.2, 0) is 6.18 Å². The zero-order chi connectivity index (χ0) is 12.2. The van der Waals surface area contributed by atoms with Gasteiger partial charge in [-0.05, 0) is 12.1 Å². The first-order valence-electron chi connectivity index (χ1n) is 4.88. The Morgan fingerprint density at radius 3 is 2.56 bits per heavy atom. The van der Waals surface area contributed by atoms with Crippen molar-refractivity contribution in [2.75, 3.05) is 11.9 Å². The monoisotopic (exact) mass is 294 g/mol. The minimum atomic E-state index is -4.32. The van der Waals surface area contributed by atoms with Crippen LogP contribution in [0.3, 0.4) is 0 Å². The highest BCUT2D eigenvalue weighted by atomic mass is 79.9. The molecule has 0 aliphatic heterocycles. The van der Waals surface area contributed by atoms with Crippen LogP contribution in [0.25, 0.3) is 0 Å². The van der Waals surface area contributed by atoms with E-state index in [1.165, 1.54) is 6.07 Å². The minimum Gasteiger partial charge on any atom is -0.493 e. The summed E-state index contributed by atoms with van der Waals surface area (Å²) in [5, 5.41) is 0.587. The third-order valence-electron chi connectivity index (χ3n) is 2.11. The number of halogens is 4. The third-order valence-corrected chi connectivity index (χ3v) is 2.44. The summed E-state index contributed by atoms with van der Waals surface area (Å²) >= 11 is 3.15. The fraction of sp³-hybridized carbons (Fsp3) is 0.400. The van der Waals surface area contributed by atoms with E-state index in [2.05, 4.69) is 15.9 Å². The molecule has 0 heterocycles. The molecule has 0 saturated carbocycles. The van der Waals surface area contributed by atoms with Crippen molar-refractivity contribution in [2.45, 2.75) is 13.0 Å². The minimum absolute atomic E-state index is 0.254. The first-order chi connectivity index (χ1) is 7.49. The van der Waals surface area contributed by atoms with E-state index in [-0.39, 0.29) is 5.75 Å². The molecule has 6 heteroatoms. The molecule has 1 nitrogen and oxygen atoms in total. The zero-order valence-corrected chi connectivity index (χ0v) is 10.4. The van der Waals surface area contributed by atoms with E-state index < -0.39 is 11.7 Å². The van der Waals surface area contributed by atoms with Crippen molar-refractivity contribution >= 4 is 28.7 Å². The van der Waals surface area contributed by atoms with Crippen LogP contribution in [0.4, 0.5) is 13.2 Å². The highest BCUT2D eigenvalue weighted by Crippen LogP contribution is 2.30. The normalized spacial score (nSPS) is 11.3. The maximum absolute atomic E-state index is 12.7. The van der Waals surface area contributed by atoms with Crippen molar-refractivity contribution < 1.29 is 17.9 Å². The van der Waals surface area contributed by atoms with Crippen LogP contribution in [-0.4, -0.2) is 19.2 Å². The Morgan fingerprint density at radius 2 is 2.06 bits per heavy atom. The van der Waals surface area contributed by atoms with Gasteiger partial charge in [0.2, 0.25) is 0 Å². The second kappa shape index (κ2) is 5.61. The molecule has 16 heavy (non-hydrogen) atoms. The van der Waals surface area contributed by atoms with Crippen LogP contribution in [0.1, 0.15) is 5.56 Å². The number of hydrogen-bond donors (Lipinski definition) is 0. The molecule has 0 atom stereocenters. The van der Waals surface area contributed by atoms with Gasteiger partial charge in [0.1, 0.15) is 5.75 Å². The maximum Gasteiger partial charge on any atom is 0.416 e. The van der Waals surface area contributed by atoms with Crippen LogP contribution < -0.4 is 10.2 Å². The Hall–Kier alpha value is -0.645. The smallest absolute Gasteiger partial charge is 0.416 e. The zero-order valence-electron chi connectivity index (χ0n) is 8.77. The molecule has 0 aliphatic rings. The Kier molecular flexibility index (Phi) is 4.71. The summed E-state index contributed by atoms with van der Waals surface area (Å²) in [7, 11) is 0.355. The van der Waals surface area contributed by atoms with Crippen molar-refractivity contribution in [3.8, 4) is 5.75 Å². The molecule has 0 amide bonds. The van der Waals surface area contributed by atoms with Gasteiger partial charge >= 0.3 is 6.18 Å². The fourth-order valence-corrected chi connectivity index (χ4v) is 1.54. The molecule has 0 unspecified atom stereocenters. The van der Waals surface area contributed by atoms with E-state index >= 15 is 0 Å². The lowest BCUT2D eigenvalue weighted by Gasteiger charge is -2.13. The van der Waals surface area contributed by atoms with E-state index in [0.29, 0.717) is 24.7 Å². The van der Waals surface area contributed by atoms with Gasteiger partial charge < -0.3 is 4.74 Å². The average molecular weight is 295 g/mol. The van der Waals surface area contributed by atoms with Gasteiger partial charge in [-0.2, -0.15) is 13.2 Å². The van der Waals surface area contributed by atoms with Crippen LogP contribution in [0, 0.1) is 0 Å². The lowest BCUT2D eigenvalue weighted by atomic mass is 9.71. The van der Waals surface area contributed by atoms with Gasteiger partial charge in [-0.25, -0.2) is 0 Å². The molecule has 0 aromatic heterocycles. The first kappa shape index (κ1) is 13.4. The van der Waals surface area contributed by atoms with Crippen molar-refractivity contribution in [1.82, 2.24) is 0 Å². The SMILES string of the molecule is CBc1ccc(OCCBr)cc1C(F)(F)F. The van der Waals surface area contributed by atoms with Crippen molar-refractivity contribution in [1.29, 1.82) is 0 Å². The summed E-state index contributed by atoms with van der Waals surface area (Å²) in [6.45, 7) is 2.05. The molecular formula is C10H11BBrF3O. The lowest BCUT2D eigenvalue weighted by Crippen LogP contribution is -2.23. The van der Waals surface area contributed by atoms with E-state index in [4.69, 9.17) is 4.74 Å². The first-order valence-corrected chi connectivity index (χ1v) is 6.00. The van der Waals surface area contributed by atoms with E-state index in [1.54, 1.807) is 12.9 Å². The van der Waals surface area contributed by atoms with Crippen molar-refractivity contribution in [3.05, 3.63) is 23.8 Å². The molecule has 88 valence electrons. The number of benzene rings is 1. The summed E-state index contributed by atoms with van der Waals surface area (Å²) in [4.78, 5) is 0. The van der Waals surface area contributed by atoms with Crippen LogP contribution in [0.5, 0.6) is 5.75 Å². The fourth-order valence-electron chi connectivity index (χ4n) is 1.37. The quantitative estimate of drug-likeness (QED) is 0.613. The number of ether oxygens (including phenoxy) is 1. The highest BCUT2D eigenvalue weighted by Gasteiger charge is 2.33. The second-order valence-electron chi connectivity index (χ2n) is 3.21. The molecule has 1 aromatic carbocycles. The maximum atomic E-state index is 12.7. The molecule has 0 bridgehead atoms. The number of rotatable bonds is 4. The molecule has 0 saturated heterocycles. The molecule has 0 aliphatic carbocycles. The van der Waals surface area contributed by atoms with Gasteiger partial charge in [-0.15, -0.1) is 0 Å². The van der Waals surface area contributed by atoms with Crippen LogP contribution in [0.15, 0.2) is 18.2 Å². The molecule has 0 fully saturated rings. The molecule has 1 rings (SSSR count). The third kappa shape index (κ3) is 3.44. The van der Waals surface area contributed by atoms with E-state index in [9.17, 15) is 13.2 Å². The average Bonchev–Trinajstić information content (AvgIpc) is 2.24.